The summed E-state index contributed by atoms with van der Waals surface area (Å²) in [6.07, 6.45) is -4.97. The van der Waals surface area contributed by atoms with Crippen LogP contribution in [0.1, 0.15) is 37.5 Å². The van der Waals surface area contributed by atoms with E-state index in [4.69, 9.17) is 9.47 Å². The molecule has 0 aliphatic rings. The molecule has 8 heteroatoms. The second-order valence-electron chi connectivity index (χ2n) is 7.49. The molecular formula is C21H23BrF3NO3. The molecule has 0 heterocycles. The lowest BCUT2D eigenvalue weighted by atomic mass is 10.1. The Labute approximate surface area is 176 Å². The van der Waals surface area contributed by atoms with E-state index < -0.39 is 23.4 Å². The number of alkyl halides is 3. The van der Waals surface area contributed by atoms with Crippen molar-refractivity contribution >= 4 is 22.0 Å². The van der Waals surface area contributed by atoms with Gasteiger partial charge in [-0.3, -0.25) is 4.90 Å². The number of nitrogens with zero attached hydrogens (tertiary/aromatic N) is 1. The van der Waals surface area contributed by atoms with Crippen molar-refractivity contribution in [1.82, 2.24) is 4.90 Å². The Hall–Kier alpha value is -2.22. The number of halogens is 4. The van der Waals surface area contributed by atoms with Gasteiger partial charge in [0, 0.05) is 11.0 Å². The van der Waals surface area contributed by atoms with Gasteiger partial charge in [-0.15, -0.1) is 0 Å². The van der Waals surface area contributed by atoms with Crippen LogP contribution in [0.5, 0.6) is 5.75 Å². The van der Waals surface area contributed by atoms with Gasteiger partial charge in [0.05, 0.1) is 19.2 Å². The Morgan fingerprint density at radius 2 is 1.66 bits per heavy atom. The van der Waals surface area contributed by atoms with Crippen LogP contribution in [0.2, 0.25) is 0 Å². The Kier molecular flexibility index (Phi) is 7.21. The van der Waals surface area contributed by atoms with Crippen molar-refractivity contribution in [3.05, 3.63) is 63.6 Å². The molecule has 29 heavy (non-hydrogen) atoms. The van der Waals surface area contributed by atoms with Crippen LogP contribution in [0.3, 0.4) is 0 Å². The monoisotopic (exact) mass is 473 g/mol. The first-order valence-electron chi connectivity index (χ1n) is 8.85. The Morgan fingerprint density at radius 1 is 1.03 bits per heavy atom. The maximum atomic E-state index is 12.8. The van der Waals surface area contributed by atoms with Crippen molar-refractivity contribution in [2.75, 3.05) is 7.11 Å². The molecule has 0 aliphatic heterocycles. The molecule has 0 fully saturated rings. The van der Waals surface area contributed by atoms with E-state index in [9.17, 15) is 18.0 Å². The highest BCUT2D eigenvalue weighted by atomic mass is 79.9. The van der Waals surface area contributed by atoms with Crippen LogP contribution in [-0.4, -0.2) is 23.7 Å². The summed E-state index contributed by atoms with van der Waals surface area (Å²) in [5, 5.41) is 0. The van der Waals surface area contributed by atoms with Crippen LogP contribution >= 0.6 is 15.9 Å². The Balaban J connectivity index is 2.29. The average molecular weight is 474 g/mol. The fraction of sp³-hybridized carbons (Fsp3) is 0.381. The van der Waals surface area contributed by atoms with Gasteiger partial charge >= 0.3 is 12.3 Å². The first-order valence-corrected chi connectivity index (χ1v) is 9.65. The van der Waals surface area contributed by atoms with Gasteiger partial charge in [0.15, 0.2) is 0 Å². The summed E-state index contributed by atoms with van der Waals surface area (Å²) in [6, 6.07) is 10.1. The van der Waals surface area contributed by atoms with Crippen molar-refractivity contribution in [3.63, 3.8) is 0 Å². The van der Waals surface area contributed by atoms with E-state index in [0.717, 1.165) is 22.2 Å². The number of carbonyl (C=O) groups is 1. The fourth-order valence-corrected chi connectivity index (χ4v) is 2.91. The molecule has 0 aliphatic carbocycles. The standard InChI is InChI=1S/C21H23BrF3NO3/c1-20(2,3)29-19(27)26(13-15-11-17(28-4)9-10-18(15)22)12-14-5-7-16(8-6-14)21(23,24)25/h5-11H,12-13H2,1-4H3. The summed E-state index contributed by atoms with van der Waals surface area (Å²) < 4.78 is 49.9. The molecule has 0 unspecified atom stereocenters. The van der Waals surface area contributed by atoms with Crippen LogP contribution in [0.15, 0.2) is 46.9 Å². The van der Waals surface area contributed by atoms with E-state index in [1.165, 1.54) is 17.0 Å². The van der Waals surface area contributed by atoms with Gasteiger partial charge in [0.2, 0.25) is 0 Å². The lowest BCUT2D eigenvalue weighted by Gasteiger charge is -2.28. The Bertz CT molecular complexity index is 846. The molecule has 2 aromatic rings. The molecule has 4 nitrogen and oxygen atoms in total. The quantitative estimate of drug-likeness (QED) is 0.503. The lowest BCUT2D eigenvalue weighted by molar-refractivity contribution is -0.137. The third-order valence-electron chi connectivity index (χ3n) is 3.92. The van der Waals surface area contributed by atoms with Crippen molar-refractivity contribution in [1.29, 1.82) is 0 Å². The van der Waals surface area contributed by atoms with Crippen LogP contribution in [0, 0.1) is 0 Å². The molecule has 2 aromatic carbocycles. The number of rotatable bonds is 5. The summed E-state index contributed by atoms with van der Waals surface area (Å²) in [7, 11) is 1.54. The SMILES string of the molecule is COc1ccc(Br)c(CN(Cc2ccc(C(F)(F)F)cc2)C(=O)OC(C)(C)C)c1. The fourth-order valence-electron chi connectivity index (χ4n) is 2.54. The van der Waals surface area contributed by atoms with Gasteiger partial charge in [-0.05, 0) is 62.2 Å². The van der Waals surface area contributed by atoms with E-state index in [1.54, 1.807) is 46.1 Å². The van der Waals surface area contributed by atoms with Crippen molar-refractivity contribution < 1.29 is 27.4 Å². The van der Waals surface area contributed by atoms with Crippen molar-refractivity contribution in [3.8, 4) is 5.75 Å². The summed E-state index contributed by atoms with van der Waals surface area (Å²) in [5.41, 5.74) is -0.105. The smallest absolute Gasteiger partial charge is 0.416 e. The molecule has 0 saturated heterocycles. The number of benzene rings is 2. The minimum atomic E-state index is -4.41. The van der Waals surface area contributed by atoms with E-state index in [1.807, 2.05) is 0 Å². The van der Waals surface area contributed by atoms with E-state index in [-0.39, 0.29) is 13.1 Å². The molecule has 0 spiro atoms. The zero-order chi connectivity index (χ0) is 21.8. The lowest BCUT2D eigenvalue weighted by Crippen LogP contribution is -2.36. The summed E-state index contributed by atoms with van der Waals surface area (Å²) in [4.78, 5) is 14.2. The van der Waals surface area contributed by atoms with Gasteiger partial charge in [-0.1, -0.05) is 28.1 Å². The molecule has 0 atom stereocenters. The number of hydrogen-bond acceptors (Lipinski definition) is 3. The molecular weight excluding hydrogens is 451 g/mol. The van der Waals surface area contributed by atoms with Crippen LogP contribution in [0.4, 0.5) is 18.0 Å². The second kappa shape index (κ2) is 9.07. The molecule has 158 valence electrons. The largest absolute Gasteiger partial charge is 0.497 e. The van der Waals surface area contributed by atoms with Gasteiger partial charge in [0.25, 0.3) is 0 Å². The number of amides is 1. The highest BCUT2D eigenvalue weighted by Crippen LogP contribution is 2.30. The number of carbonyl (C=O) groups excluding carboxylic acids is 1. The molecule has 0 aromatic heterocycles. The number of ether oxygens (including phenoxy) is 2. The normalized spacial score (nSPS) is 11.9. The average Bonchev–Trinajstić information content (AvgIpc) is 2.61. The maximum Gasteiger partial charge on any atom is 0.416 e. The summed E-state index contributed by atoms with van der Waals surface area (Å²) in [6.45, 7) is 5.54. The zero-order valence-electron chi connectivity index (χ0n) is 16.6. The van der Waals surface area contributed by atoms with E-state index in [2.05, 4.69) is 15.9 Å². The van der Waals surface area contributed by atoms with Gasteiger partial charge in [-0.2, -0.15) is 13.2 Å². The molecule has 0 saturated carbocycles. The van der Waals surface area contributed by atoms with Crippen LogP contribution in [0.25, 0.3) is 0 Å². The summed E-state index contributed by atoms with van der Waals surface area (Å²) >= 11 is 3.46. The zero-order valence-corrected chi connectivity index (χ0v) is 18.2. The van der Waals surface area contributed by atoms with Gasteiger partial charge in [0.1, 0.15) is 11.4 Å². The summed E-state index contributed by atoms with van der Waals surface area (Å²) in [5.74, 6) is 0.627. The predicted molar refractivity (Wildman–Crippen MR) is 108 cm³/mol. The van der Waals surface area contributed by atoms with E-state index >= 15 is 0 Å². The van der Waals surface area contributed by atoms with Gasteiger partial charge in [-0.25, -0.2) is 4.79 Å². The molecule has 1 amide bonds. The highest BCUT2D eigenvalue weighted by molar-refractivity contribution is 9.10. The van der Waals surface area contributed by atoms with Crippen molar-refractivity contribution in [2.24, 2.45) is 0 Å². The predicted octanol–water partition coefficient (Wildman–Crippen LogP) is 6.41. The third-order valence-corrected chi connectivity index (χ3v) is 4.69. The Morgan fingerprint density at radius 3 is 2.17 bits per heavy atom. The van der Waals surface area contributed by atoms with Crippen LogP contribution in [-0.2, 0) is 24.0 Å². The molecule has 0 bridgehead atoms. The van der Waals surface area contributed by atoms with Gasteiger partial charge < -0.3 is 9.47 Å². The van der Waals surface area contributed by atoms with Crippen LogP contribution < -0.4 is 4.74 Å². The topological polar surface area (TPSA) is 38.8 Å². The third kappa shape index (κ3) is 6.96. The number of methoxy groups -OCH3 is 1. The highest BCUT2D eigenvalue weighted by Gasteiger charge is 2.30. The molecule has 2 rings (SSSR count). The first-order chi connectivity index (χ1) is 13.4. The minimum Gasteiger partial charge on any atom is -0.497 e. The maximum absolute atomic E-state index is 12.8. The number of hydrogen-bond donors (Lipinski definition) is 0. The minimum absolute atomic E-state index is 0.0939. The van der Waals surface area contributed by atoms with E-state index in [0.29, 0.717) is 11.3 Å². The van der Waals surface area contributed by atoms with Crippen molar-refractivity contribution in [2.45, 2.75) is 45.6 Å². The molecule has 0 radical (unpaired) electrons. The molecule has 0 N–H and O–H groups in total. The first kappa shape index (κ1) is 23.1. The second-order valence-corrected chi connectivity index (χ2v) is 8.34.